The minimum absolute atomic E-state index is 0.229. The van der Waals surface area contributed by atoms with E-state index in [4.69, 9.17) is 5.73 Å². The Kier molecular flexibility index (Phi) is 2.32. The lowest BCUT2D eigenvalue weighted by atomic mass is 9.51. The van der Waals surface area contributed by atoms with Crippen LogP contribution in [-0.2, 0) is 6.54 Å². The number of fused-ring (bicyclic) bond motifs is 1. The van der Waals surface area contributed by atoms with Gasteiger partial charge in [0.25, 0.3) is 0 Å². The molecule has 0 spiro atoms. The van der Waals surface area contributed by atoms with Gasteiger partial charge in [-0.05, 0) is 55.8 Å². The molecule has 20 heavy (non-hydrogen) atoms. The normalized spacial score (nSPS) is 45.2. The first-order valence-corrected chi connectivity index (χ1v) is 8.33. The highest BCUT2D eigenvalue weighted by Gasteiger charge is 2.49. The van der Waals surface area contributed by atoms with E-state index in [-0.39, 0.29) is 6.04 Å². The van der Waals surface area contributed by atoms with Crippen molar-refractivity contribution in [1.29, 1.82) is 0 Å². The zero-order valence-corrected chi connectivity index (χ0v) is 12.0. The van der Waals surface area contributed by atoms with Gasteiger partial charge in [0, 0.05) is 30.7 Å². The van der Waals surface area contributed by atoms with Crippen LogP contribution >= 0.6 is 0 Å². The molecule has 4 saturated carbocycles. The molecule has 2 heterocycles. The van der Waals surface area contributed by atoms with Gasteiger partial charge < -0.3 is 15.6 Å². The number of rotatable bonds is 1. The van der Waals surface area contributed by atoms with Crippen LogP contribution in [-0.4, -0.2) is 22.1 Å². The summed E-state index contributed by atoms with van der Waals surface area (Å²) < 4.78 is 2.39. The van der Waals surface area contributed by atoms with Crippen LogP contribution in [0.15, 0.2) is 6.20 Å². The minimum atomic E-state index is 0.229. The van der Waals surface area contributed by atoms with Gasteiger partial charge in [0.1, 0.15) is 0 Å². The molecule has 1 atom stereocenters. The zero-order valence-electron chi connectivity index (χ0n) is 12.0. The predicted molar refractivity (Wildman–Crippen MR) is 78.5 cm³/mol. The Balaban J connectivity index is 1.53. The first kappa shape index (κ1) is 11.6. The third-order valence-corrected chi connectivity index (χ3v) is 6.39. The monoisotopic (exact) mass is 272 g/mol. The van der Waals surface area contributed by atoms with Gasteiger partial charge in [-0.2, -0.15) is 0 Å². The average molecular weight is 272 g/mol. The summed E-state index contributed by atoms with van der Waals surface area (Å²) in [6.45, 7) is 1.80. The summed E-state index contributed by atoms with van der Waals surface area (Å²) >= 11 is 0. The fourth-order valence-corrected chi connectivity index (χ4v) is 5.92. The van der Waals surface area contributed by atoms with Crippen molar-refractivity contribution in [1.82, 2.24) is 9.55 Å². The topological polar surface area (TPSA) is 55.9 Å². The molecule has 0 radical (unpaired) electrons. The second-order valence-electron chi connectivity index (χ2n) is 7.71. The van der Waals surface area contributed by atoms with Crippen molar-refractivity contribution in [3.05, 3.63) is 11.9 Å². The molecule has 1 aromatic heterocycles. The Morgan fingerprint density at radius 1 is 1.10 bits per heavy atom. The lowest BCUT2D eigenvalue weighted by Gasteiger charge is -2.54. The summed E-state index contributed by atoms with van der Waals surface area (Å²) in [4.78, 5) is 4.62. The van der Waals surface area contributed by atoms with Gasteiger partial charge in [-0.3, -0.25) is 0 Å². The van der Waals surface area contributed by atoms with E-state index >= 15 is 0 Å². The van der Waals surface area contributed by atoms with Gasteiger partial charge in [-0.15, -0.1) is 0 Å². The molecule has 0 amide bonds. The largest absolute Gasteiger partial charge is 0.354 e. The number of nitrogens with zero attached hydrogens (tertiary/aromatic N) is 2. The lowest BCUT2D eigenvalue weighted by molar-refractivity contribution is -0.00535. The first-order valence-electron chi connectivity index (χ1n) is 8.33. The summed E-state index contributed by atoms with van der Waals surface area (Å²) in [5.41, 5.74) is 7.62. The van der Waals surface area contributed by atoms with Crippen LogP contribution in [0.1, 0.15) is 43.7 Å². The van der Waals surface area contributed by atoms with Gasteiger partial charge in [-0.25, -0.2) is 4.98 Å². The summed E-state index contributed by atoms with van der Waals surface area (Å²) in [7, 11) is 0. The Hall–Kier alpha value is -1.03. The van der Waals surface area contributed by atoms with Crippen LogP contribution in [0.2, 0.25) is 0 Å². The standard InChI is InChI=1S/C16H24N4/c17-13-6-18-16-19-7-14(20(16)8-13)15-11-2-9-1-10(4-11)5-12(15)3-9/h7,9-13,15H,1-6,8,17H2,(H,18,19). The first-order chi connectivity index (χ1) is 9.78. The third kappa shape index (κ3) is 1.54. The Morgan fingerprint density at radius 2 is 1.80 bits per heavy atom. The Labute approximate surface area is 120 Å². The highest BCUT2D eigenvalue weighted by atomic mass is 15.2. The van der Waals surface area contributed by atoms with Crippen LogP contribution in [0.25, 0.3) is 0 Å². The van der Waals surface area contributed by atoms with E-state index < -0.39 is 0 Å². The number of hydrogen-bond acceptors (Lipinski definition) is 3. The molecule has 4 heteroatoms. The Morgan fingerprint density at radius 3 is 2.50 bits per heavy atom. The maximum Gasteiger partial charge on any atom is 0.203 e. The quantitative estimate of drug-likeness (QED) is 0.824. The van der Waals surface area contributed by atoms with Crippen molar-refractivity contribution in [3.63, 3.8) is 0 Å². The molecule has 0 saturated heterocycles. The van der Waals surface area contributed by atoms with Crippen LogP contribution < -0.4 is 11.1 Å². The van der Waals surface area contributed by atoms with E-state index in [9.17, 15) is 0 Å². The molecule has 4 bridgehead atoms. The number of nitrogens with two attached hydrogens (primary N) is 1. The highest BCUT2D eigenvalue weighted by Crippen LogP contribution is 2.59. The summed E-state index contributed by atoms with van der Waals surface area (Å²) in [6.07, 6.45) is 9.55. The molecule has 4 aliphatic carbocycles. The van der Waals surface area contributed by atoms with Gasteiger partial charge in [0.2, 0.25) is 5.95 Å². The molecule has 1 unspecified atom stereocenters. The van der Waals surface area contributed by atoms with E-state index in [1.807, 2.05) is 0 Å². The molecular formula is C16H24N4. The van der Waals surface area contributed by atoms with Crippen molar-refractivity contribution in [2.45, 2.75) is 50.6 Å². The van der Waals surface area contributed by atoms with Crippen LogP contribution in [0.4, 0.5) is 5.95 Å². The number of aromatic nitrogens is 2. The number of nitrogens with one attached hydrogen (secondary N) is 1. The third-order valence-electron chi connectivity index (χ3n) is 6.39. The summed E-state index contributed by atoms with van der Waals surface area (Å²) in [5.74, 6) is 5.73. The fraction of sp³-hybridized carbons (Fsp3) is 0.812. The molecule has 1 aliphatic heterocycles. The molecule has 5 aliphatic rings. The van der Waals surface area contributed by atoms with Crippen molar-refractivity contribution in [3.8, 4) is 0 Å². The molecule has 6 rings (SSSR count). The van der Waals surface area contributed by atoms with Crippen LogP contribution in [0, 0.1) is 23.7 Å². The van der Waals surface area contributed by atoms with Crippen LogP contribution in [0.3, 0.4) is 0 Å². The highest BCUT2D eigenvalue weighted by molar-refractivity contribution is 5.34. The molecule has 4 nitrogen and oxygen atoms in total. The van der Waals surface area contributed by atoms with E-state index in [1.54, 1.807) is 0 Å². The zero-order chi connectivity index (χ0) is 13.3. The summed E-state index contributed by atoms with van der Waals surface area (Å²) in [5, 5.41) is 3.38. The number of anilines is 1. The van der Waals surface area contributed by atoms with Gasteiger partial charge in [0.15, 0.2) is 0 Å². The molecule has 1 aromatic rings. The second-order valence-corrected chi connectivity index (χ2v) is 7.71. The SMILES string of the molecule is NC1CNc2ncc(C3C4CC5CC(C4)CC3C5)n2C1. The number of hydrogen-bond donors (Lipinski definition) is 2. The molecular weight excluding hydrogens is 248 g/mol. The smallest absolute Gasteiger partial charge is 0.203 e. The Bertz CT molecular complexity index is 507. The van der Waals surface area contributed by atoms with Crippen molar-refractivity contribution in [2.24, 2.45) is 29.4 Å². The minimum Gasteiger partial charge on any atom is -0.354 e. The van der Waals surface area contributed by atoms with Crippen molar-refractivity contribution >= 4 is 5.95 Å². The fourth-order valence-electron chi connectivity index (χ4n) is 5.92. The maximum atomic E-state index is 6.14. The molecule has 108 valence electrons. The lowest BCUT2D eigenvalue weighted by Crippen LogP contribution is -2.45. The van der Waals surface area contributed by atoms with Crippen molar-refractivity contribution < 1.29 is 0 Å². The van der Waals surface area contributed by atoms with Gasteiger partial charge in [0.05, 0.1) is 6.20 Å². The maximum absolute atomic E-state index is 6.14. The molecule has 4 fully saturated rings. The predicted octanol–water partition coefficient (Wildman–Crippen LogP) is 2.18. The van der Waals surface area contributed by atoms with E-state index in [2.05, 4.69) is 21.1 Å². The second kappa shape index (κ2) is 4.00. The molecule has 0 aromatic carbocycles. The van der Waals surface area contributed by atoms with Gasteiger partial charge in [-0.1, -0.05) is 0 Å². The van der Waals surface area contributed by atoms with E-state index in [1.165, 1.54) is 37.8 Å². The van der Waals surface area contributed by atoms with E-state index in [0.29, 0.717) is 0 Å². The molecule has 3 N–H and O–H groups in total. The number of imidazole rings is 1. The van der Waals surface area contributed by atoms with Gasteiger partial charge >= 0.3 is 0 Å². The summed E-state index contributed by atoms with van der Waals surface area (Å²) in [6, 6.07) is 0.229. The van der Waals surface area contributed by atoms with Crippen LogP contribution in [0.5, 0.6) is 0 Å². The van der Waals surface area contributed by atoms with E-state index in [0.717, 1.165) is 48.6 Å². The average Bonchev–Trinajstić information content (AvgIpc) is 2.81. The van der Waals surface area contributed by atoms with Crippen molar-refractivity contribution in [2.75, 3.05) is 11.9 Å².